The lowest BCUT2D eigenvalue weighted by Gasteiger charge is -2.38. The molecule has 0 aliphatic heterocycles. The molecular weight excluding hydrogens is 156 g/mol. The van der Waals surface area contributed by atoms with Crippen molar-refractivity contribution in [1.29, 1.82) is 0 Å². The minimum atomic E-state index is 0.902. The van der Waals surface area contributed by atoms with E-state index in [0.717, 1.165) is 17.8 Å². The van der Waals surface area contributed by atoms with Gasteiger partial charge >= 0.3 is 0 Å². The first-order valence-electron chi connectivity index (χ1n) is 5.99. The van der Waals surface area contributed by atoms with E-state index in [-0.39, 0.29) is 0 Å². The minimum absolute atomic E-state index is 0.902. The molecule has 3 atom stereocenters. The molecule has 0 radical (unpaired) electrons. The molecule has 0 heteroatoms. The zero-order valence-corrected chi connectivity index (χ0v) is 9.05. The van der Waals surface area contributed by atoms with E-state index in [0.29, 0.717) is 0 Å². The third-order valence-electron chi connectivity index (χ3n) is 4.12. The lowest BCUT2D eigenvalue weighted by atomic mass is 9.67. The van der Waals surface area contributed by atoms with Crippen molar-refractivity contribution in [3.8, 4) is 0 Å². The van der Waals surface area contributed by atoms with Crippen LogP contribution in [0.2, 0.25) is 0 Å². The highest BCUT2D eigenvalue weighted by Crippen LogP contribution is 2.43. The monoisotopic (exact) mass is 178 g/mol. The number of allylic oxidation sites excluding steroid dienone is 2. The van der Waals surface area contributed by atoms with Gasteiger partial charge in [-0.1, -0.05) is 31.4 Å². The van der Waals surface area contributed by atoms with Crippen LogP contribution < -0.4 is 0 Å². The second kappa shape index (κ2) is 3.86. The first-order valence-corrected chi connectivity index (χ1v) is 5.99. The number of rotatable bonds is 1. The Morgan fingerprint density at radius 3 is 2.85 bits per heavy atom. The summed E-state index contributed by atoms with van der Waals surface area (Å²) in [5.74, 6) is 2.92. The molecule has 2 aliphatic rings. The summed E-state index contributed by atoms with van der Waals surface area (Å²) in [5.41, 5.74) is 1.71. The first-order chi connectivity index (χ1) is 6.31. The van der Waals surface area contributed by atoms with Gasteiger partial charge in [-0.25, -0.2) is 0 Å². The standard InChI is InChI=1S/C13H22/c1-3-11-8-10(2)13-7-5-4-6-12(13)9-11/h8,11-13H,3-7,9H2,1-2H3. The summed E-state index contributed by atoms with van der Waals surface area (Å²) in [7, 11) is 0. The maximum absolute atomic E-state index is 2.56. The molecule has 0 heterocycles. The van der Waals surface area contributed by atoms with Gasteiger partial charge in [0.2, 0.25) is 0 Å². The van der Waals surface area contributed by atoms with Crippen molar-refractivity contribution < 1.29 is 0 Å². The molecule has 0 aromatic heterocycles. The predicted octanol–water partition coefficient (Wildman–Crippen LogP) is 4.17. The van der Waals surface area contributed by atoms with Crippen LogP contribution in [0, 0.1) is 17.8 Å². The Kier molecular flexibility index (Phi) is 2.76. The van der Waals surface area contributed by atoms with E-state index in [4.69, 9.17) is 0 Å². The topological polar surface area (TPSA) is 0 Å². The smallest absolute Gasteiger partial charge is 0.0177 e. The Morgan fingerprint density at radius 2 is 2.08 bits per heavy atom. The van der Waals surface area contributed by atoms with Crippen LogP contribution in [0.25, 0.3) is 0 Å². The van der Waals surface area contributed by atoms with E-state index >= 15 is 0 Å². The molecule has 0 N–H and O–H groups in total. The zero-order valence-electron chi connectivity index (χ0n) is 9.05. The second-order valence-corrected chi connectivity index (χ2v) is 4.97. The fourth-order valence-electron chi connectivity index (χ4n) is 3.33. The molecule has 2 aliphatic carbocycles. The van der Waals surface area contributed by atoms with Gasteiger partial charge in [-0.05, 0) is 50.4 Å². The molecule has 1 fully saturated rings. The van der Waals surface area contributed by atoms with Crippen molar-refractivity contribution in [3.05, 3.63) is 11.6 Å². The van der Waals surface area contributed by atoms with E-state index in [9.17, 15) is 0 Å². The molecule has 0 nitrogen and oxygen atoms in total. The Hall–Kier alpha value is -0.260. The third kappa shape index (κ3) is 1.82. The van der Waals surface area contributed by atoms with Crippen LogP contribution in [0.15, 0.2) is 11.6 Å². The molecule has 0 aromatic rings. The number of hydrogen-bond donors (Lipinski definition) is 0. The molecule has 0 bridgehead atoms. The van der Waals surface area contributed by atoms with Gasteiger partial charge in [-0.15, -0.1) is 0 Å². The van der Waals surface area contributed by atoms with Gasteiger partial charge < -0.3 is 0 Å². The van der Waals surface area contributed by atoms with Crippen LogP contribution in [-0.4, -0.2) is 0 Å². The summed E-state index contributed by atoms with van der Waals surface area (Å²) in [6, 6.07) is 0. The van der Waals surface area contributed by atoms with Crippen molar-refractivity contribution in [2.45, 2.75) is 52.4 Å². The summed E-state index contributed by atoms with van der Waals surface area (Å²) in [6.45, 7) is 4.70. The van der Waals surface area contributed by atoms with Crippen LogP contribution in [-0.2, 0) is 0 Å². The van der Waals surface area contributed by atoms with Gasteiger partial charge in [0.05, 0.1) is 0 Å². The van der Waals surface area contributed by atoms with Gasteiger partial charge in [-0.2, -0.15) is 0 Å². The fourth-order valence-corrected chi connectivity index (χ4v) is 3.33. The van der Waals surface area contributed by atoms with Crippen molar-refractivity contribution in [3.63, 3.8) is 0 Å². The molecule has 0 saturated heterocycles. The zero-order chi connectivity index (χ0) is 9.26. The summed E-state index contributed by atoms with van der Waals surface area (Å²) in [6.07, 6.45) is 11.3. The molecule has 74 valence electrons. The summed E-state index contributed by atoms with van der Waals surface area (Å²) >= 11 is 0. The number of hydrogen-bond acceptors (Lipinski definition) is 0. The van der Waals surface area contributed by atoms with E-state index < -0.39 is 0 Å². The van der Waals surface area contributed by atoms with Crippen molar-refractivity contribution in [2.24, 2.45) is 17.8 Å². The highest BCUT2D eigenvalue weighted by molar-refractivity contribution is 5.12. The lowest BCUT2D eigenvalue weighted by molar-refractivity contribution is 0.217. The van der Waals surface area contributed by atoms with E-state index in [1.165, 1.54) is 38.5 Å². The highest BCUT2D eigenvalue weighted by Gasteiger charge is 2.31. The van der Waals surface area contributed by atoms with Crippen molar-refractivity contribution >= 4 is 0 Å². The Bertz CT molecular complexity index is 202. The minimum Gasteiger partial charge on any atom is -0.0822 e. The molecule has 0 spiro atoms. The lowest BCUT2D eigenvalue weighted by Crippen LogP contribution is -2.26. The molecule has 0 aromatic carbocycles. The predicted molar refractivity (Wildman–Crippen MR) is 57.6 cm³/mol. The average molecular weight is 178 g/mol. The molecule has 1 saturated carbocycles. The summed E-state index contributed by atoms with van der Waals surface area (Å²) in [4.78, 5) is 0. The first kappa shape index (κ1) is 9.30. The third-order valence-corrected chi connectivity index (χ3v) is 4.12. The molecule has 13 heavy (non-hydrogen) atoms. The Balaban J connectivity index is 2.11. The summed E-state index contributed by atoms with van der Waals surface area (Å²) < 4.78 is 0. The normalized spacial score (nSPS) is 39.5. The van der Waals surface area contributed by atoms with Crippen molar-refractivity contribution in [1.82, 2.24) is 0 Å². The molecule has 0 amide bonds. The quantitative estimate of drug-likeness (QED) is 0.529. The SMILES string of the molecule is CCC1C=C(C)C2CCCCC2C1. The van der Waals surface area contributed by atoms with Crippen LogP contribution in [0.3, 0.4) is 0 Å². The second-order valence-electron chi connectivity index (χ2n) is 4.97. The fraction of sp³-hybridized carbons (Fsp3) is 0.846. The van der Waals surface area contributed by atoms with Crippen LogP contribution in [0.1, 0.15) is 52.4 Å². The molecule has 3 unspecified atom stereocenters. The number of fused-ring (bicyclic) bond motifs is 1. The van der Waals surface area contributed by atoms with Crippen LogP contribution in [0.5, 0.6) is 0 Å². The molecule has 2 rings (SSSR count). The molecular formula is C13H22. The van der Waals surface area contributed by atoms with Gasteiger partial charge in [0.15, 0.2) is 0 Å². The van der Waals surface area contributed by atoms with Crippen LogP contribution >= 0.6 is 0 Å². The van der Waals surface area contributed by atoms with Crippen LogP contribution in [0.4, 0.5) is 0 Å². The maximum Gasteiger partial charge on any atom is -0.0177 e. The van der Waals surface area contributed by atoms with E-state index in [2.05, 4.69) is 19.9 Å². The van der Waals surface area contributed by atoms with Gasteiger partial charge in [0.25, 0.3) is 0 Å². The largest absolute Gasteiger partial charge is 0.0822 e. The maximum atomic E-state index is 2.56. The Morgan fingerprint density at radius 1 is 1.31 bits per heavy atom. The van der Waals surface area contributed by atoms with Gasteiger partial charge in [0.1, 0.15) is 0 Å². The van der Waals surface area contributed by atoms with Crippen molar-refractivity contribution in [2.75, 3.05) is 0 Å². The van der Waals surface area contributed by atoms with E-state index in [1.807, 2.05) is 0 Å². The van der Waals surface area contributed by atoms with Gasteiger partial charge in [0, 0.05) is 0 Å². The average Bonchev–Trinajstić information content (AvgIpc) is 2.18. The summed E-state index contributed by atoms with van der Waals surface area (Å²) in [5, 5.41) is 0. The van der Waals surface area contributed by atoms with E-state index in [1.54, 1.807) is 5.57 Å². The Labute approximate surface area is 82.4 Å². The van der Waals surface area contributed by atoms with Gasteiger partial charge in [-0.3, -0.25) is 0 Å². The highest BCUT2D eigenvalue weighted by atomic mass is 14.4.